The molecule has 1 aliphatic heterocycles. The molecule has 0 aliphatic carbocycles. The lowest BCUT2D eigenvalue weighted by Crippen LogP contribution is -2.49. The standard InChI is InChI=1S/C16H25N3O2/c1-12(2)11-18-6-8-19(9-7-18)16(20)14-5-4-13(17)10-15(14)21-3/h4-5,10,12H,6-9,11,17H2,1-3H3. The molecule has 1 fully saturated rings. The molecule has 5 nitrogen and oxygen atoms in total. The van der Waals surface area contributed by atoms with E-state index in [0.29, 0.717) is 22.9 Å². The van der Waals surface area contributed by atoms with Crippen LogP contribution in [0.1, 0.15) is 24.2 Å². The van der Waals surface area contributed by atoms with Gasteiger partial charge in [0, 0.05) is 44.5 Å². The Balaban J connectivity index is 2.02. The first kappa shape index (κ1) is 15.6. The van der Waals surface area contributed by atoms with Gasteiger partial charge in [-0.3, -0.25) is 9.69 Å². The molecule has 1 amide bonds. The van der Waals surface area contributed by atoms with Crippen LogP contribution >= 0.6 is 0 Å². The summed E-state index contributed by atoms with van der Waals surface area (Å²) < 4.78 is 5.27. The Morgan fingerprint density at radius 3 is 2.52 bits per heavy atom. The van der Waals surface area contributed by atoms with Gasteiger partial charge in [-0.2, -0.15) is 0 Å². The molecular formula is C16H25N3O2. The highest BCUT2D eigenvalue weighted by Gasteiger charge is 2.24. The second kappa shape index (κ2) is 6.80. The smallest absolute Gasteiger partial charge is 0.257 e. The van der Waals surface area contributed by atoms with Crippen LogP contribution in [0.25, 0.3) is 0 Å². The molecule has 0 atom stereocenters. The molecule has 1 aromatic rings. The molecule has 1 aromatic carbocycles. The summed E-state index contributed by atoms with van der Waals surface area (Å²) in [5, 5.41) is 0. The lowest BCUT2D eigenvalue weighted by molar-refractivity contribution is 0.0620. The third-order valence-corrected chi connectivity index (χ3v) is 3.74. The van der Waals surface area contributed by atoms with E-state index >= 15 is 0 Å². The van der Waals surface area contributed by atoms with Gasteiger partial charge in [-0.25, -0.2) is 0 Å². The van der Waals surface area contributed by atoms with E-state index in [4.69, 9.17) is 10.5 Å². The zero-order chi connectivity index (χ0) is 15.4. The number of methoxy groups -OCH3 is 1. The van der Waals surface area contributed by atoms with Gasteiger partial charge in [0.1, 0.15) is 5.75 Å². The van der Waals surface area contributed by atoms with E-state index in [1.807, 2.05) is 4.90 Å². The Labute approximate surface area is 126 Å². The lowest BCUT2D eigenvalue weighted by atomic mass is 10.1. The predicted molar refractivity (Wildman–Crippen MR) is 84.6 cm³/mol. The first-order chi connectivity index (χ1) is 10.0. The SMILES string of the molecule is COc1cc(N)ccc1C(=O)N1CCN(CC(C)C)CC1. The summed E-state index contributed by atoms with van der Waals surface area (Å²) >= 11 is 0. The summed E-state index contributed by atoms with van der Waals surface area (Å²) in [6, 6.07) is 5.18. The normalized spacial score (nSPS) is 16.3. The van der Waals surface area contributed by atoms with Gasteiger partial charge in [0.05, 0.1) is 12.7 Å². The van der Waals surface area contributed by atoms with E-state index in [9.17, 15) is 4.79 Å². The minimum Gasteiger partial charge on any atom is -0.496 e. The first-order valence-electron chi connectivity index (χ1n) is 7.46. The molecule has 2 rings (SSSR count). The highest BCUT2D eigenvalue weighted by molar-refractivity contribution is 5.97. The van der Waals surface area contributed by atoms with Crippen LogP contribution in [0.3, 0.4) is 0 Å². The number of anilines is 1. The molecule has 2 N–H and O–H groups in total. The molecule has 0 spiro atoms. The van der Waals surface area contributed by atoms with Gasteiger partial charge in [0.25, 0.3) is 5.91 Å². The minimum atomic E-state index is 0.0241. The zero-order valence-electron chi connectivity index (χ0n) is 13.1. The van der Waals surface area contributed by atoms with Crippen LogP contribution in [0.2, 0.25) is 0 Å². The van der Waals surface area contributed by atoms with Crippen LogP contribution in [0.15, 0.2) is 18.2 Å². The fourth-order valence-electron chi connectivity index (χ4n) is 2.70. The van der Waals surface area contributed by atoms with E-state index in [1.165, 1.54) is 0 Å². The number of benzene rings is 1. The van der Waals surface area contributed by atoms with Crippen LogP contribution in [0, 0.1) is 5.92 Å². The maximum atomic E-state index is 12.6. The number of hydrogen-bond acceptors (Lipinski definition) is 4. The van der Waals surface area contributed by atoms with Gasteiger partial charge in [-0.1, -0.05) is 13.8 Å². The Morgan fingerprint density at radius 2 is 1.95 bits per heavy atom. The fraction of sp³-hybridized carbons (Fsp3) is 0.562. The molecule has 0 unspecified atom stereocenters. The number of nitrogens with zero attached hydrogens (tertiary/aromatic N) is 2. The summed E-state index contributed by atoms with van der Waals surface area (Å²) in [7, 11) is 1.56. The Morgan fingerprint density at radius 1 is 1.29 bits per heavy atom. The van der Waals surface area contributed by atoms with Crippen LogP contribution in [-0.4, -0.2) is 55.5 Å². The molecule has 1 heterocycles. The number of amides is 1. The van der Waals surface area contributed by atoms with E-state index in [-0.39, 0.29) is 5.91 Å². The summed E-state index contributed by atoms with van der Waals surface area (Å²) in [4.78, 5) is 16.9. The van der Waals surface area contributed by atoms with E-state index < -0.39 is 0 Å². The van der Waals surface area contributed by atoms with Crippen molar-refractivity contribution in [3.8, 4) is 5.75 Å². The average molecular weight is 291 g/mol. The van der Waals surface area contributed by atoms with Crippen molar-refractivity contribution in [2.24, 2.45) is 5.92 Å². The second-order valence-corrected chi connectivity index (χ2v) is 5.95. The van der Waals surface area contributed by atoms with Gasteiger partial charge in [-0.15, -0.1) is 0 Å². The van der Waals surface area contributed by atoms with Crippen LogP contribution < -0.4 is 10.5 Å². The van der Waals surface area contributed by atoms with Gasteiger partial charge in [0.15, 0.2) is 0 Å². The molecule has 116 valence electrons. The van der Waals surface area contributed by atoms with Crippen LogP contribution in [-0.2, 0) is 0 Å². The van der Waals surface area contributed by atoms with Crippen molar-refractivity contribution >= 4 is 11.6 Å². The predicted octanol–water partition coefficient (Wildman–Crippen LogP) is 1.69. The molecule has 1 saturated heterocycles. The minimum absolute atomic E-state index is 0.0241. The van der Waals surface area contributed by atoms with Gasteiger partial charge < -0.3 is 15.4 Å². The number of carbonyl (C=O) groups excluding carboxylic acids is 1. The summed E-state index contributed by atoms with van der Waals surface area (Å²) in [6.45, 7) is 8.92. The molecule has 5 heteroatoms. The molecule has 0 saturated carbocycles. The monoisotopic (exact) mass is 291 g/mol. The van der Waals surface area contributed by atoms with Crippen molar-refractivity contribution in [2.45, 2.75) is 13.8 Å². The fourth-order valence-corrected chi connectivity index (χ4v) is 2.70. The number of nitrogen functional groups attached to an aromatic ring is 1. The van der Waals surface area contributed by atoms with Gasteiger partial charge in [0.2, 0.25) is 0 Å². The van der Waals surface area contributed by atoms with Gasteiger partial charge >= 0.3 is 0 Å². The number of ether oxygens (including phenoxy) is 1. The van der Waals surface area contributed by atoms with Crippen molar-refractivity contribution < 1.29 is 9.53 Å². The van der Waals surface area contributed by atoms with Crippen molar-refractivity contribution in [1.29, 1.82) is 0 Å². The largest absolute Gasteiger partial charge is 0.496 e. The number of nitrogens with two attached hydrogens (primary N) is 1. The summed E-state index contributed by atoms with van der Waals surface area (Å²) in [5.74, 6) is 1.23. The molecule has 21 heavy (non-hydrogen) atoms. The number of carbonyl (C=O) groups is 1. The third-order valence-electron chi connectivity index (χ3n) is 3.74. The molecule has 0 radical (unpaired) electrons. The maximum absolute atomic E-state index is 12.6. The topological polar surface area (TPSA) is 58.8 Å². The van der Waals surface area contributed by atoms with Crippen LogP contribution in [0.5, 0.6) is 5.75 Å². The first-order valence-corrected chi connectivity index (χ1v) is 7.46. The van der Waals surface area contributed by atoms with Crippen molar-refractivity contribution in [2.75, 3.05) is 45.6 Å². The van der Waals surface area contributed by atoms with E-state index in [2.05, 4.69) is 18.7 Å². The van der Waals surface area contributed by atoms with Crippen LogP contribution in [0.4, 0.5) is 5.69 Å². The average Bonchev–Trinajstić information content (AvgIpc) is 2.46. The Hall–Kier alpha value is -1.75. The molecular weight excluding hydrogens is 266 g/mol. The number of hydrogen-bond donors (Lipinski definition) is 1. The van der Waals surface area contributed by atoms with E-state index in [1.54, 1.807) is 25.3 Å². The number of rotatable bonds is 4. The van der Waals surface area contributed by atoms with Crippen molar-refractivity contribution in [3.63, 3.8) is 0 Å². The second-order valence-electron chi connectivity index (χ2n) is 5.95. The van der Waals surface area contributed by atoms with Crippen molar-refractivity contribution in [3.05, 3.63) is 23.8 Å². The number of piperazine rings is 1. The summed E-state index contributed by atoms with van der Waals surface area (Å²) in [6.07, 6.45) is 0. The lowest BCUT2D eigenvalue weighted by Gasteiger charge is -2.35. The van der Waals surface area contributed by atoms with E-state index in [0.717, 1.165) is 32.7 Å². The highest BCUT2D eigenvalue weighted by Crippen LogP contribution is 2.23. The Kier molecular flexibility index (Phi) is 5.07. The summed E-state index contributed by atoms with van der Waals surface area (Å²) in [5.41, 5.74) is 6.92. The quantitative estimate of drug-likeness (QED) is 0.858. The molecule has 0 aromatic heterocycles. The maximum Gasteiger partial charge on any atom is 0.257 e. The molecule has 1 aliphatic rings. The van der Waals surface area contributed by atoms with Crippen molar-refractivity contribution in [1.82, 2.24) is 9.80 Å². The third kappa shape index (κ3) is 3.88. The molecule has 0 bridgehead atoms. The van der Waals surface area contributed by atoms with Gasteiger partial charge in [-0.05, 0) is 18.1 Å². The Bertz CT molecular complexity index is 494. The highest BCUT2D eigenvalue weighted by atomic mass is 16.5. The zero-order valence-corrected chi connectivity index (χ0v) is 13.1.